The molecule has 2 rings (SSSR count). The lowest BCUT2D eigenvalue weighted by Gasteiger charge is -2.29. The van der Waals surface area contributed by atoms with Gasteiger partial charge in [-0.2, -0.15) is 0 Å². The monoisotopic (exact) mass is 247 g/mol. The van der Waals surface area contributed by atoms with Gasteiger partial charge in [0.25, 0.3) is 0 Å². The van der Waals surface area contributed by atoms with Crippen LogP contribution in [-0.4, -0.2) is 16.0 Å². The molecule has 96 valence electrons. The van der Waals surface area contributed by atoms with Crippen LogP contribution in [-0.2, 0) is 4.79 Å². The van der Waals surface area contributed by atoms with Gasteiger partial charge in [0.05, 0.1) is 5.69 Å². The predicted molar refractivity (Wildman–Crippen MR) is 69.5 cm³/mol. The summed E-state index contributed by atoms with van der Waals surface area (Å²) in [5.41, 5.74) is 1.09. The first kappa shape index (κ1) is 12.5. The van der Waals surface area contributed by atoms with E-state index in [9.17, 15) is 15.0 Å². The number of nitrogens with one attached hydrogen (secondary N) is 1. The first-order valence-corrected chi connectivity index (χ1v) is 5.88. The number of phenolic OH excluding ortho intramolecular Hbond substituents is 2. The van der Waals surface area contributed by atoms with Gasteiger partial charge in [0.15, 0.2) is 5.78 Å². The third kappa shape index (κ3) is 2.83. The first-order chi connectivity index (χ1) is 8.35. The average molecular weight is 247 g/mol. The van der Waals surface area contributed by atoms with E-state index in [1.165, 1.54) is 18.2 Å². The van der Waals surface area contributed by atoms with Crippen molar-refractivity contribution < 1.29 is 15.0 Å². The van der Waals surface area contributed by atoms with Gasteiger partial charge in [-0.25, -0.2) is 0 Å². The van der Waals surface area contributed by atoms with E-state index in [2.05, 4.69) is 5.32 Å². The zero-order chi connectivity index (χ0) is 13.3. The predicted octanol–water partition coefficient (Wildman–Crippen LogP) is 2.78. The number of aromatic hydroxyl groups is 2. The number of hydrogen-bond donors (Lipinski definition) is 3. The Bertz CT molecular complexity index is 518. The van der Waals surface area contributed by atoms with Crippen LogP contribution in [0.5, 0.6) is 11.5 Å². The standard InChI is InChI=1S/C14H17NO3/c1-14(2)7-9(5-11(17)8-14)15-12-6-10(16)3-4-13(12)18/h3-6,15-16,18H,7-8H2,1-2H3. The average Bonchev–Trinajstić information content (AvgIpc) is 2.20. The van der Waals surface area contributed by atoms with E-state index in [-0.39, 0.29) is 22.7 Å². The molecule has 1 aromatic carbocycles. The molecular formula is C14H17NO3. The fourth-order valence-electron chi connectivity index (χ4n) is 2.22. The van der Waals surface area contributed by atoms with Gasteiger partial charge in [-0.05, 0) is 24.0 Å². The van der Waals surface area contributed by atoms with Gasteiger partial charge in [-0.3, -0.25) is 4.79 Å². The third-order valence-electron chi connectivity index (χ3n) is 2.93. The lowest BCUT2D eigenvalue weighted by Crippen LogP contribution is -2.24. The van der Waals surface area contributed by atoms with Crippen molar-refractivity contribution in [1.82, 2.24) is 0 Å². The molecule has 0 bridgehead atoms. The highest BCUT2D eigenvalue weighted by molar-refractivity contribution is 5.92. The Balaban J connectivity index is 2.24. The number of phenols is 2. The van der Waals surface area contributed by atoms with Gasteiger partial charge < -0.3 is 15.5 Å². The second-order valence-electron chi connectivity index (χ2n) is 5.48. The second-order valence-corrected chi connectivity index (χ2v) is 5.48. The molecule has 0 saturated heterocycles. The van der Waals surface area contributed by atoms with Crippen molar-refractivity contribution in [1.29, 1.82) is 0 Å². The molecule has 0 unspecified atom stereocenters. The molecule has 0 aliphatic heterocycles. The zero-order valence-electron chi connectivity index (χ0n) is 10.5. The SMILES string of the molecule is CC1(C)CC(=O)C=C(Nc2cc(O)ccc2O)C1. The summed E-state index contributed by atoms with van der Waals surface area (Å²) >= 11 is 0. The maximum Gasteiger partial charge on any atom is 0.157 e. The van der Waals surface area contributed by atoms with Crippen LogP contribution in [0.2, 0.25) is 0 Å². The molecule has 4 heteroatoms. The molecule has 0 saturated carbocycles. The van der Waals surface area contributed by atoms with E-state index in [1.807, 2.05) is 13.8 Å². The summed E-state index contributed by atoms with van der Waals surface area (Å²) in [5.74, 6) is 0.190. The summed E-state index contributed by atoms with van der Waals surface area (Å²) in [6.07, 6.45) is 2.83. The molecule has 0 atom stereocenters. The van der Waals surface area contributed by atoms with E-state index < -0.39 is 0 Å². The minimum Gasteiger partial charge on any atom is -0.508 e. The number of hydrogen-bond acceptors (Lipinski definition) is 4. The number of carbonyl (C=O) groups is 1. The molecule has 3 N–H and O–H groups in total. The summed E-state index contributed by atoms with van der Waals surface area (Å²) in [7, 11) is 0. The number of ketones is 1. The van der Waals surface area contributed by atoms with Crippen LogP contribution in [0, 0.1) is 5.41 Å². The minimum absolute atomic E-state index is 0.0459. The van der Waals surface area contributed by atoms with Gasteiger partial charge >= 0.3 is 0 Å². The normalized spacial score (nSPS) is 18.3. The lowest BCUT2D eigenvalue weighted by molar-refractivity contribution is -0.117. The van der Waals surface area contributed by atoms with Crippen molar-refractivity contribution in [2.24, 2.45) is 5.41 Å². The zero-order valence-corrected chi connectivity index (χ0v) is 10.5. The van der Waals surface area contributed by atoms with E-state index in [0.29, 0.717) is 12.1 Å². The molecule has 0 aromatic heterocycles. The van der Waals surface area contributed by atoms with E-state index in [1.54, 1.807) is 6.08 Å². The Labute approximate surface area is 106 Å². The first-order valence-electron chi connectivity index (χ1n) is 5.88. The van der Waals surface area contributed by atoms with Crippen LogP contribution in [0.25, 0.3) is 0 Å². The van der Waals surface area contributed by atoms with Crippen molar-refractivity contribution >= 4 is 11.5 Å². The molecule has 1 aliphatic carbocycles. The number of benzene rings is 1. The molecule has 0 amide bonds. The smallest absolute Gasteiger partial charge is 0.157 e. The van der Waals surface area contributed by atoms with Crippen molar-refractivity contribution in [3.63, 3.8) is 0 Å². The molecule has 18 heavy (non-hydrogen) atoms. The highest BCUT2D eigenvalue weighted by atomic mass is 16.3. The van der Waals surface area contributed by atoms with Crippen LogP contribution < -0.4 is 5.32 Å². The van der Waals surface area contributed by atoms with Crippen LogP contribution >= 0.6 is 0 Å². The molecule has 0 fully saturated rings. The van der Waals surface area contributed by atoms with Crippen molar-refractivity contribution in [3.05, 3.63) is 30.0 Å². The number of anilines is 1. The van der Waals surface area contributed by atoms with Crippen LogP contribution in [0.1, 0.15) is 26.7 Å². The summed E-state index contributed by atoms with van der Waals surface area (Å²) < 4.78 is 0. The quantitative estimate of drug-likeness (QED) is 0.555. The molecule has 1 aromatic rings. The van der Waals surface area contributed by atoms with E-state index in [4.69, 9.17) is 0 Å². The van der Waals surface area contributed by atoms with Crippen LogP contribution in [0.3, 0.4) is 0 Å². The lowest BCUT2D eigenvalue weighted by atomic mass is 9.79. The van der Waals surface area contributed by atoms with Gasteiger partial charge in [0, 0.05) is 24.3 Å². The minimum atomic E-state index is -0.0827. The van der Waals surface area contributed by atoms with Crippen LogP contribution in [0.15, 0.2) is 30.0 Å². The largest absolute Gasteiger partial charge is 0.508 e. The van der Waals surface area contributed by atoms with E-state index >= 15 is 0 Å². The fourth-order valence-corrected chi connectivity index (χ4v) is 2.22. The molecule has 0 spiro atoms. The molecule has 4 nitrogen and oxygen atoms in total. The Morgan fingerprint density at radius 2 is 1.94 bits per heavy atom. The summed E-state index contributed by atoms with van der Waals surface area (Å²) in [4.78, 5) is 11.6. The van der Waals surface area contributed by atoms with Gasteiger partial charge in [-0.1, -0.05) is 13.8 Å². The summed E-state index contributed by atoms with van der Waals surface area (Å²) in [5, 5.41) is 22.1. The van der Waals surface area contributed by atoms with Gasteiger partial charge in [0.2, 0.25) is 0 Å². The number of rotatable bonds is 2. The van der Waals surface area contributed by atoms with Crippen molar-refractivity contribution in [2.45, 2.75) is 26.7 Å². The third-order valence-corrected chi connectivity index (χ3v) is 2.93. The number of allylic oxidation sites excluding steroid dienone is 2. The number of carbonyl (C=O) groups excluding carboxylic acids is 1. The summed E-state index contributed by atoms with van der Waals surface area (Å²) in [6.45, 7) is 4.06. The highest BCUT2D eigenvalue weighted by Gasteiger charge is 2.27. The van der Waals surface area contributed by atoms with Crippen LogP contribution in [0.4, 0.5) is 5.69 Å². The highest BCUT2D eigenvalue weighted by Crippen LogP contribution is 2.36. The maximum atomic E-state index is 11.6. The van der Waals surface area contributed by atoms with E-state index in [0.717, 1.165) is 12.1 Å². The topological polar surface area (TPSA) is 69.6 Å². The summed E-state index contributed by atoms with van der Waals surface area (Å²) in [6, 6.07) is 4.25. The Kier molecular flexibility index (Phi) is 3.03. The molecule has 0 radical (unpaired) electrons. The van der Waals surface area contributed by atoms with Gasteiger partial charge in [-0.15, -0.1) is 0 Å². The molecule has 1 aliphatic rings. The van der Waals surface area contributed by atoms with Crippen molar-refractivity contribution in [2.75, 3.05) is 5.32 Å². The molecule has 0 heterocycles. The second kappa shape index (κ2) is 4.37. The fraction of sp³-hybridized carbons (Fsp3) is 0.357. The molecular weight excluding hydrogens is 230 g/mol. The Morgan fingerprint density at radius 1 is 1.22 bits per heavy atom. The Morgan fingerprint density at radius 3 is 2.61 bits per heavy atom. The maximum absolute atomic E-state index is 11.6. The van der Waals surface area contributed by atoms with Crippen molar-refractivity contribution in [3.8, 4) is 11.5 Å². The Hall–Kier alpha value is -1.97. The van der Waals surface area contributed by atoms with Gasteiger partial charge in [0.1, 0.15) is 11.5 Å².